The van der Waals surface area contributed by atoms with Gasteiger partial charge in [0.15, 0.2) is 0 Å². The van der Waals surface area contributed by atoms with E-state index in [1.165, 1.54) is 26.4 Å². The SMILES string of the molecule is C.COc1ccc(-c2ccc3ncnc(-c4cccc(C(=O)N5CCN(C(C)=O)CC5)c4)c3c2)cc1C(F)(F)F. The van der Waals surface area contributed by atoms with E-state index in [4.69, 9.17) is 4.74 Å². The molecule has 1 saturated heterocycles. The Morgan fingerprint density at radius 2 is 1.52 bits per heavy atom. The van der Waals surface area contributed by atoms with Gasteiger partial charge in [-0.15, -0.1) is 0 Å². The van der Waals surface area contributed by atoms with E-state index >= 15 is 0 Å². The Morgan fingerprint density at radius 3 is 2.20 bits per heavy atom. The Labute approximate surface area is 230 Å². The highest BCUT2D eigenvalue weighted by molar-refractivity contribution is 5.99. The molecule has 0 spiro atoms. The Balaban J connectivity index is 0.00000370. The lowest BCUT2D eigenvalue weighted by molar-refractivity contribution is -0.138. The number of ether oxygens (including phenoxy) is 1. The molecule has 0 saturated carbocycles. The summed E-state index contributed by atoms with van der Waals surface area (Å²) in [6, 6.07) is 16.2. The van der Waals surface area contributed by atoms with E-state index in [-0.39, 0.29) is 25.0 Å². The van der Waals surface area contributed by atoms with Crippen LogP contribution < -0.4 is 4.74 Å². The summed E-state index contributed by atoms with van der Waals surface area (Å²) < 4.78 is 45.8. The van der Waals surface area contributed by atoms with Crippen LogP contribution in [0.1, 0.15) is 30.3 Å². The Hall–Kier alpha value is -4.47. The van der Waals surface area contributed by atoms with Crippen molar-refractivity contribution in [2.45, 2.75) is 20.5 Å². The van der Waals surface area contributed by atoms with Crippen LogP contribution >= 0.6 is 0 Å². The lowest BCUT2D eigenvalue weighted by Gasteiger charge is -2.34. The largest absolute Gasteiger partial charge is 0.496 e. The summed E-state index contributed by atoms with van der Waals surface area (Å²) in [4.78, 5) is 37.0. The minimum atomic E-state index is -4.57. The number of benzene rings is 3. The van der Waals surface area contributed by atoms with Crippen molar-refractivity contribution in [2.24, 2.45) is 0 Å². The number of nitrogens with zero attached hydrogens (tertiary/aromatic N) is 4. The van der Waals surface area contributed by atoms with E-state index in [1.54, 1.807) is 52.3 Å². The summed E-state index contributed by atoms with van der Waals surface area (Å²) in [6.07, 6.45) is -3.15. The summed E-state index contributed by atoms with van der Waals surface area (Å²) in [5.74, 6) is -0.402. The van der Waals surface area contributed by atoms with Crippen LogP contribution in [0.25, 0.3) is 33.3 Å². The second-order valence-electron chi connectivity index (χ2n) is 9.25. The van der Waals surface area contributed by atoms with Crippen molar-refractivity contribution in [2.75, 3.05) is 33.3 Å². The standard InChI is InChI=1S/C29H25F3N4O3.CH4/c1-18(37)35-10-12-36(13-11-35)28(38)22-5-3-4-21(14-22)27-23-15-19(6-8-25(23)33-17-34-27)20-7-9-26(39-2)24(16-20)29(30,31)32;/h3-9,14-17H,10-13H2,1-2H3;1H4. The topological polar surface area (TPSA) is 75.6 Å². The number of amides is 2. The highest BCUT2D eigenvalue weighted by Crippen LogP contribution is 2.39. The van der Waals surface area contributed by atoms with Crippen molar-refractivity contribution in [3.05, 3.63) is 78.1 Å². The third-order valence-corrected chi connectivity index (χ3v) is 6.87. The lowest BCUT2D eigenvalue weighted by atomic mass is 9.98. The zero-order valence-corrected chi connectivity index (χ0v) is 21.3. The van der Waals surface area contributed by atoms with Gasteiger partial charge in [0.25, 0.3) is 5.91 Å². The van der Waals surface area contributed by atoms with E-state index < -0.39 is 11.7 Å². The predicted molar refractivity (Wildman–Crippen MR) is 147 cm³/mol. The number of fused-ring (bicyclic) bond motifs is 1. The zero-order valence-electron chi connectivity index (χ0n) is 21.3. The molecule has 1 aliphatic rings. The van der Waals surface area contributed by atoms with Crippen LogP contribution in [0.5, 0.6) is 5.75 Å². The summed E-state index contributed by atoms with van der Waals surface area (Å²) in [5.41, 5.74) is 2.40. The second kappa shape index (κ2) is 11.3. The molecule has 10 heteroatoms. The van der Waals surface area contributed by atoms with Crippen molar-refractivity contribution in [3.8, 4) is 28.1 Å². The first-order valence-electron chi connectivity index (χ1n) is 12.3. The summed E-state index contributed by atoms with van der Waals surface area (Å²) >= 11 is 0. The molecule has 0 aliphatic carbocycles. The number of aromatic nitrogens is 2. The molecule has 1 fully saturated rings. The average molecular weight is 551 g/mol. The molecule has 1 aromatic heterocycles. The summed E-state index contributed by atoms with van der Waals surface area (Å²) in [6.45, 7) is 3.39. The minimum Gasteiger partial charge on any atom is -0.496 e. The number of hydrogen-bond donors (Lipinski definition) is 0. The quantitative estimate of drug-likeness (QED) is 0.315. The van der Waals surface area contributed by atoms with Crippen LogP contribution in [0.4, 0.5) is 13.2 Å². The first kappa shape index (κ1) is 28.5. The van der Waals surface area contributed by atoms with Gasteiger partial charge >= 0.3 is 6.18 Å². The molecule has 40 heavy (non-hydrogen) atoms. The summed E-state index contributed by atoms with van der Waals surface area (Å²) in [5, 5.41) is 0.638. The molecule has 2 heterocycles. The van der Waals surface area contributed by atoms with Crippen molar-refractivity contribution in [1.82, 2.24) is 19.8 Å². The lowest BCUT2D eigenvalue weighted by Crippen LogP contribution is -2.50. The van der Waals surface area contributed by atoms with E-state index in [0.717, 1.165) is 6.07 Å². The monoisotopic (exact) mass is 550 g/mol. The Bertz CT molecular complexity index is 1560. The smallest absolute Gasteiger partial charge is 0.419 e. The Morgan fingerprint density at radius 1 is 0.850 bits per heavy atom. The van der Waals surface area contributed by atoms with Crippen molar-refractivity contribution < 1.29 is 27.5 Å². The molecule has 5 rings (SSSR count). The molecule has 3 aromatic carbocycles. The van der Waals surface area contributed by atoms with Crippen LogP contribution in [0.2, 0.25) is 0 Å². The van der Waals surface area contributed by atoms with Gasteiger partial charge in [0, 0.05) is 49.6 Å². The number of hydrogen-bond acceptors (Lipinski definition) is 5. The van der Waals surface area contributed by atoms with Gasteiger partial charge in [0.2, 0.25) is 5.91 Å². The molecular formula is C30H29F3N4O3. The van der Waals surface area contributed by atoms with Gasteiger partial charge in [-0.3, -0.25) is 9.59 Å². The zero-order chi connectivity index (χ0) is 27.7. The highest BCUT2D eigenvalue weighted by Gasteiger charge is 2.34. The molecule has 0 atom stereocenters. The number of piperazine rings is 1. The van der Waals surface area contributed by atoms with Gasteiger partial charge in [-0.25, -0.2) is 9.97 Å². The highest BCUT2D eigenvalue weighted by atomic mass is 19.4. The molecule has 4 aromatic rings. The number of methoxy groups -OCH3 is 1. The van der Waals surface area contributed by atoms with Crippen molar-refractivity contribution >= 4 is 22.7 Å². The van der Waals surface area contributed by atoms with Gasteiger partial charge in [0.05, 0.1) is 23.9 Å². The maximum atomic E-state index is 13.6. The van der Waals surface area contributed by atoms with E-state index in [0.29, 0.717) is 65.0 Å². The fourth-order valence-corrected chi connectivity index (χ4v) is 4.78. The average Bonchev–Trinajstić information content (AvgIpc) is 2.95. The molecular weight excluding hydrogens is 521 g/mol. The van der Waals surface area contributed by atoms with Gasteiger partial charge in [-0.05, 0) is 47.5 Å². The maximum absolute atomic E-state index is 13.6. The van der Waals surface area contributed by atoms with Crippen LogP contribution in [-0.2, 0) is 11.0 Å². The molecule has 0 unspecified atom stereocenters. The maximum Gasteiger partial charge on any atom is 0.419 e. The molecule has 7 nitrogen and oxygen atoms in total. The molecule has 0 N–H and O–H groups in total. The Kier molecular flexibility index (Phi) is 8.08. The van der Waals surface area contributed by atoms with E-state index in [1.807, 2.05) is 6.07 Å². The summed E-state index contributed by atoms with van der Waals surface area (Å²) in [7, 11) is 1.20. The van der Waals surface area contributed by atoms with E-state index in [2.05, 4.69) is 9.97 Å². The number of rotatable bonds is 4. The van der Waals surface area contributed by atoms with Crippen LogP contribution in [0.3, 0.4) is 0 Å². The molecule has 1 aliphatic heterocycles. The molecule has 0 radical (unpaired) electrons. The molecule has 2 amide bonds. The fourth-order valence-electron chi connectivity index (χ4n) is 4.78. The number of halogens is 3. The van der Waals surface area contributed by atoms with Crippen LogP contribution in [0.15, 0.2) is 67.0 Å². The minimum absolute atomic E-state index is 0. The number of carbonyl (C=O) groups excluding carboxylic acids is 2. The fraction of sp³-hybridized carbons (Fsp3) is 0.267. The van der Waals surface area contributed by atoms with E-state index in [9.17, 15) is 22.8 Å². The van der Waals surface area contributed by atoms with Gasteiger partial charge < -0.3 is 14.5 Å². The third kappa shape index (κ3) is 5.61. The molecule has 0 bridgehead atoms. The van der Waals surface area contributed by atoms with Crippen LogP contribution in [0, 0.1) is 0 Å². The first-order valence-corrected chi connectivity index (χ1v) is 12.3. The van der Waals surface area contributed by atoms with Gasteiger partial charge in [-0.2, -0.15) is 13.2 Å². The number of carbonyl (C=O) groups is 2. The predicted octanol–water partition coefficient (Wildman–Crippen LogP) is 5.93. The molecule has 208 valence electrons. The normalized spacial score (nSPS) is 13.6. The van der Waals surface area contributed by atoms with Gasteiger partial charge in [-0.1, -0.05) is 31.7 Å². The second-order valence-corrected chi connectivity index (χ2v) is 9.25. The van der Waals surface area contributed by atoms with Crippen molar-refractivity contribution in [1.29, 1.82) is 0 Å². The first-order chi connectivity index (χ1) is 18.7. The van der Waals surface area contributed by atoms with Crippen LogP contribution in [-0.4, -0.2) is 64.9 Å². The van der Waals surface area contributed by atoms with Crippen molar-refractivity contribution in [3.63, 3.8) is 0 Å². The van der Waals surface area contributed by atoms with Gasteiger partial charge in [0.1, 0.15) is 12.1 Å². The third-order valence-electron chi connectivity index (χ3n) is 6.87. The number of alkyl halides is 3.